The molecule has 1 aromatic heterocycles. The van der Waals surface area contributed by atoms with Crippen molar-refractivity contribution >= 4 is 17.7 Å². The number of nitrogens with zero attached hydrogens (tertiary/aromatic N) is 3. The van der Waals surface area contributed by atoms with Gasteiger partial charge in [-0.05, 0) is 68.5 Å². The van der Waals surface area contributed by atoms with E-state index in [9.17, 15) is 4.79 Å². The highest BCUT2D eigenvalue weighted by atomic mass is 16.5. The van der Waals surface area contributed by atoms with E-state index in [0.717, 1.165) is 35.7 Å². The Balaban J connectivity index is 1.39. The Labute approximate surface area is 213 Å². The minimum absolute atomic E-state index is 0.0545. The van der Waals surface area contributed by atoms with Crippen LogP contribution in [0.3, 0.4) is 0 Å². The molecule has 1 saturated heterocycles. The predicted molar refractivity (Wildman–Crippen MR) is 141 cm³/mol. The standard InChI is InChI=1S/C29H35N3O4/c1-21-25(22(2)36-30-21)20-35-27-14-12-23(18-28(27)34-4)13-15-29(33)31(3)19-24-10-6-7-11-26(24)32-16-8-5-9-17-32/h6-7,10-15,18H,5,8-9,16-17,19-20H2,1-4H3/b15-13+. The molecule has 1 amide bonds. The molecule has 2 heterocycles. The molecule has 0 N–H and O–H groups in total. The van der Waals surface area contributed by atoms with E-state index in [-0.39, 0.29) is 5.91 Å². The third-order valence-electron chi connectivity index (χ3n) is 6.63. The average Bonchev–Trinajstić information content (AvgIpc) is 3.23. The molecule has 190 valence electrons. The molecule has 4 rings (SSSR count). The van der Waals surface area contributed by atoms with E-state index in [1.165, 1.54) is 30.5 Å². The number of benzene rings is 2. The number of carbonyl (C=O) groups excluding carboxylic acids is 1. The summed E-state index contributed by atoms with van der Waals surface area (Å²) in [5.74, 6) is 1.90. The van der Waals surface area contributed by atoms with Gasteiger partial charge in [0.05, 0.1) is 18.4 Å². The highest BCUT2D eigenvalue weighted by Gasteiger charge is 2.16. The number of methoxy groups -OCH3 is 1. The molecule has 0 saturated carbocycles. The largest absolute Gasteiger partial charge is 0.493 e. The second kappa shape index (κ2) is 11.8. The molecule has 0 unspecified atom stereocenters. The Bertz CT molecular complexity index is 1190. The van der Waals surface area contributed by atoms with Crippen molar-refractivity contribution in [2.45, 2.75) is 46.3 Å². The maximum atomic E-state index is 12.9. The van der Waals surface area contributed by atoms with Gasteiger partial charge in [0.25, 0.3) is 0 Å². The Kier molecular flexibility index (Phi) is 8.31. The van der Waals surface area contributed by atoms with Crippen molar-refractivity contribution in [3.63, 3.8) is 0 Å². The predicted octanol–water partition coefficient (Wildman–Crippen LogP) is 5.54. The number of para-hydroxylation sites is 1. The molecule has 0 bridgehead atoms. The molecular formula is C29H35N3O4. The fourth-order valence-corrected chi connectivity index (χ4v) is 4.48. The number of aryl methyl sites for hydroxylation is 2. The summed E-state index contributed by atoms with van der Waals surface area (Å²) < 4.78 is 16.7. The van der Waals surface area contributed by atoms with Gasteiger partial charge in [0, 0.05) is 38.4 Å². The van der Waals surface area contributed by atoms with Gasteiger partial charge < -0.3 is 23.8 Å². The minimum Gasteiger partial charge on any atom is -0.493 e. The van der Waals surface area contributed by atoms with Crippen LogP contribution in [0.25, 0.3) is 6.08 Å². The zero-order valence-corrected chi connectivity index (χ0v) is 21.6. The molecule has 3 aromatic rings. The molecule has 36 heavy (non-hydrogen) atoms. The maximum Gasteiger partial charge on any atom is 0.246 e. The zero-order valence-electron chi connectivity index (χ0n) is 21.6. The molecule has 7 nitrogen and oxygen atoms in total. The number of hydrogen-bond donors (Lipinski definition) is 0. The first-order valence-electron chi connectivity index (χ1n) is 12.4. The molecule has 1 aliphatic heterocycles. The molecule has 1 fully saturated rings. The monoisotopic (exact) mass is 489 g/mol. The number of likely N-dealkylation sites (N-methyl/N-ethyl adjacent to an activating group) is 1. The summed E-state index contributed by atoms with van der Waals surface area (Å²) in [6.07, 6.45) is 7.14. The van der Waals surface area contributed by atoms with Gasteiger partial charge in [-0.1, -0.05) is 29.4 Å². The van der Waals surface area contributed by atoms with Gasteiger partial charge in [-0.3, -0.25) is 4.79 Å². The van der Waals surface area contributed by atoms with Gasteiger partial charge in [-0.2, -0.15) is 0 Å². The summed E-state index contributed by atoms with van der Waals surface area (Å²) in [7, 11) is 3.44. The Hall–Kier alpha value is -3.74. The number of aromatic nitrogens is 1. The molecule has 0 spiro atoms. The quantitative estimate of drug-likeness (QED) is 0.368. The second-order valence-corrected chi connectivity index (χ2v) is 9.21. The summed E-state index contributed by atoms with van der Waals surface area (Å²) in [4.78, 5) is 17.1. The smallest absolute Gasteiger partial charge is 0.246 e. The highest BCUT2D eigenvalue weighted by Crippen LogP contribution is 2.30. The number of carbonyl (C=O) groups is 1. The summed E-state index contributed by atoms with van der Waals surface area (Å²) in [5.41, 5.74) is 5.00. The number of hydrogen-bond acceptors (Lipinski definition) is 6. The van der Waals surface area contributed by atoms with Crippen LogP contribution in [0, 0.1) is 13.8 Å². The fraction of sp³-hybridized carbons (Fsp3) is 0.379. The molecule has 1 aliphatic rings. The molecule has 0 atom stereocenters. The lowest BCUT2D eigenvalue weighted by atomic mass is 10.1. The lowest BCUT2D eigenvalue weighted by Gasteiger charge is -2.31. The van der Waals surface area contributed by atoms with Crippen LogP contribution in [0.2, 0.25) is 0 Å². The first-order valence-corrected chi connectivity index (χ1v) is 12.4. The van der Waals surface area contributed by atoms with Crippen LogP contribution in [0.1, 0.15) is 47.4 Å². The van der Waals surface area contributed by atoms with Gasteiger partial charge in [0.15, 0.2) is 11.5 Å². The van der Waals surface area contributed by atoms with E-state index in [0.29, 0.717) is 24.7 Å². The van der Waals surface area contributed by atoms with Crippen LogP contribution in [-0.2, 0) is 17.9 Å². The van der Waals surface area contributed by atoms with Crippen molar-refractivity contribution in [3.05, 3.63) is 76.7 Å². The van der Waals surface area contributed by atoms with E-state index in [1.807, 2.05) is 45.2 Å². The SMILES string of the molecule is COc1cc(/C=C/C(=O)N(C)Cc2ccccc2N2CCCCC2)ccc1OCc1c(C)noc1C. The van der Waals surface area contributed by atoms with Gasteiger partial charge in [-0.25, -0.2) is 0 Å². The van der Waals surface area contributed by atoms with E-state index < -0.39 is 0 Å². The molecule has 7 heteroatoms. The lowest BCUT2D eigenvalue weighted by Crippen LogP contribution is -2.31. The van der Waals surface area contributed by atoms with Crippen LogP contribution in [0.5, 0.6) is 11.5 Å². The molecular weight excluding hydrogens is 454 g/mol. The van der Waals surface area contributed by atoms with Crippen molar-refractivity contribution in [2.24, 2.45) is 0 Å². The third kappa shape index (κ3) is 6.08. The number of amides is 1. The third-order valence-corrected chi connectivity index (χ3v) is 6.63. The number of anilines is 1. The molecule has 2 aromatic carbocycles. The number of rotatable bonds is 9. The normalized spacial score (nSPS) is 13.7. The molecule has 0 radical (unpaired) electrons. The fourth-order valence-electron chi connectivity index (χ4n) is 4.48. The first kappa shape index (κ1) is 25.4. The summed E-state index contributed by atoms with van der Waals surface area (Å²) in [6, 6.07) is 14.0. The van der Waals surface area contributed by atoms with Crippen molar-refractivity contribution in [3.8, 4) is 11.5 Å². The van der Waals surface area contributed by atoms with E-state index in [4.69, 9.17) is 14.0 Å². The van der Waals surface area contributed by atoms with Gasteiger partial charge in [0.2, 0.25) is 5.91 Å². The Morgan fingerprint density at radius 1 is 1.11 bits per heavy atom. The van der Waals surface area contributed by atoms with Gasteiger partial charge >= 0.3 is 0 Å². The van der Waals surface area contributed by atoms with Crippen LogP contribution in [0.15, 0.2) is 53.1 Å². The van der Waals surface area contributed by atoms with Crippen LogP contribution in [-0.4, -0.2) is 43.2 Å². The maximum absolute atomic E-state index is 12.9. The Morgan fingerprint density at radius 2 is 1.89 bits per heavy atom. The Morgan fingerprint density at radius 3 is 2.61 bits per heavy atom. The van der Waals surface area contributed by atoms with Crippen LogP contribution >= 0.6 is 0 Å². The van der Waals surface area contributed by atoms with Crippen molar-refractivity contribution in [2.75, 3.05) is 32.1 Å². The zero-order chi connectivity index (χ0) is 25.5. The van der Waals surface area contributed by atoms with E-state index in [1.54, 1.807) is 24.2 Å². The van der Waals surface area contributed by atoms with Crippen molar-refractivity contribution in [1.82, 2.24) is 10.1 Å². The van der Waals surface area contributed by atoms with Crippen molar-refractivity contribution in [1.29, 1.82) is 0 Å². The lowest BCUT2D eigenvalue weighted by molar-refractivity contribution is -0.125. The van der Waals surface area contributed by atoms with Crippen LogP contribution < -0.4 is 14.4 Å². The van der Waals surface area contributed by atoms with Gasteiger partial charge in [0.1, 0.15) is 12.4 Å². The minimum atomic E-state index is -0.0545. The number of ether oxygens (including phenoxy) is 2. The second-order valence-electron chi connectivity index (χ2n) is 9.21. The summed E-state index contributed by atoms with van der Waals surface area (Å²) >= 11 is 0. The highest BCUT2D eigenvalue weighted by molar-refractivity contribution is 5.91. The van der Waals surface area contributed by atoms with Crippen LogP contribution in [0.4, 0.5) is 5.69 Å². The summed E-state index contributed by atoms with van der Waals surface area (Å²) in [5, 5.41) is 3.96. The van der Waals surface area contributed by atoms with E-state index >= 15 is 0 Å². The first-order chi connectivity index (χ1) is 17.5. The van der Waals surface area contributed by atoms with E-state index in [2.05, 4.69) is 28.3 Å². The average molecular weight is 490 g/mol. The summed E-state index contributed by atoms with van der Waals surface area (Å²) in [6.45, 7) is 6.82. The van der Waals surface area contributed by atoms with Gasteiger partial charge in [-0.15, -0.1) is 0 Å². The van der Waals surface area contributed by atoms with Crippen molar-refractivity contribution < 1.29 is 18.8 Å². The topological polar surface area (TPSA) is 68.0 Å². The molecule has 0 aliphatic carbocycles. The number of piperidine rings is 1.